The Hall–Kier alpha value is -0.890. The monoisotopic (exact) mass is 313 g/mol. The predicted octanol–water partition coefficient (Wildman–Crippen LogP) is -0.796. The highest BCUT2D eigenvalue weighted by Crippen LogP contribution is 2.03. The van der Waals surface area contributed by atoms with E-state index in [1.165, 1.54) is 0 Å². The zero-order valence-electron chi connectivity index (χ0n) is 14.0. The molecule has 0 amide bonds. The minimum atomic E-state index is 0.202. The molecule has 1 atom stereocenters. The van der Waals surface area contributed by atoms with Crippen LogP contribution in [0.5, 0.6) is 0 Å². The van der Waals surface area contributed by atoms with Crippen molar-refractivity contribution in [3.8, 4) is 0 Å². The van der Waals surface area contributed by atoms with Crippen LogP contribution in [0, 0.1) is 0 Å². The molecule has 0 radical (unpaired) electrons. The van der Waals surface area contributed by atoms with Gasteiger partial charge in [-0.05, 0) is 14.0 Å². The molecule has 0 saturated carbocycles. The summed E-state index contributed by atoms with van der Waals surface area (Å²) < 4.78 is 11.1. The van der Waals surface area contributed by atoms with Gasteiger partial charge in [-0.25, -0.2) is 0 Å². The lowest BCUT2D eigenvalue weighted by molar-refractivity contribution is -0.0136. The Kier molecular flexibility index (Phi) is 7.93. The van der Waals surface area contributed by atoms with Crippen LogP contribution in [-0.2, 0) is 9.47 Å². The van der Waals surface area contributed by atoms with Gasteiger partial charge in [0.25, 0.3) is 0 Å². The molecule has 7 heteroatoms. The Morgan fingerprint density at radius 3 is 2.73 bits per heavy atom. The van der Waals surface area contributed by atoms with Crippen LogP contribution >= 0.6 is 0 Å². The molecule has 2 aliphatic rings. The van der Waals surface area contributed by atoms with Crippen molar-refractivity contribution in [3.63, 3.8) is 0 Å². The third kappa shape index (κ3) is 6.48. The third-order valence-electron chi connectivity index (χ3n) is 3.96. The molecule has 2 fully saturated rings. The number of nitrogens with zero attached hydrogens (tertiary/aromatic N) is 3. The summed E-state index contributed by atoms with van der Waals surface area (Å²) >= 11 is 0. The maximum atomic E-state index is 5.75. The molecule has 7 nitrogen and oxygen atoms in total. The zero-order chi connectivity index (χ0) is 15.6. The van der Waals surface area contributed by atoms with Crippen molar-refractivity contribution in [2.75, 3.05) is 79.2 Å². The van der Waals surface area contributed by atoms with Crippen LogP contribution in [0.4, 0.5) is 0 Å². The Morgan fingerprint density at radius 1 is 1.18 bits per heavy atom. The third-order valence-corrected chi connectivity index (χ3v) is 3.96. The number of likely N-dealkylation sites (N-methyl/N-ethyl adjacent to an activating group) is 1. The fourth-order valence-electron chi connectivity index (χ4n) is 2.67. The standard InChI is InChI=1S/C15H31N5O2/c1-3-16-15(17-4-5-20-7-9-21-10-8-20)18-12-14-13-19(2)6-11-22-14/h14H,3-13H2,1-2H3,(H2,16,17,18). The molecule has 0 aromatic carbocycles. The number of guanidine groups is 1. The first-order valence-electron chi connectivity index (χ1n) is 8.40. The average molecular weight is 313 g/mol. The molecule has 0 aromatic heterocycles. The Labute approximate surface area is 134 Å². The van der Waals surface area contributed by atoms with Gasteiger partial charge in [0.1, 0.15) is 0 Å². The van der Waals surface area contributed by atoms with E-state index in [1.54, 1.807) is 0 Å². The van der Waals surface area contributed by atoms with E-state index in [4.69, 9.17) is 9.47 Å². The smallest absolute Gasteiger partial charge is 0.191 e. The lowest BCUT2D eigenvalue weighted by Crippen LogP contribution is -2.45. The molecule has 2 heterocycles. The maximum Gasteiger partial charge on any atom is 0.191 e. The highest BCUT2D eigenvalue weighted by Gasteiger charge is 2.17. The molecule has 1 unspecified atom stereocenters. The highest BCUT2D eigenvalue weighted by molar-refractivity contribution is 5.79. The summed E-state index contributed by atoms with van der Waals surface area (Å²) in [5.41, 5.74) is 0. The molecule has 2 N–H and O–H groups in total. The van der Waals surface area contributed by atoms with Gasteiger partial charge in [-0.1, -0.05) is 0 Å². The summed E-state index contributed by atoms with van der Waals surface area (Å²) in [6, 6.07) is 0. The van der Waals surface area contributed by atoms with Crippen LogP contribution in [0.25, 0.3) is 0 Å². The van der Waals surface area contributed by atoms with Crippen LogP contribution < -0.4 is 10.6 Å². The van der Waals surface area contributed by atoms with Crippen LogP contribution in [0.2, 0.25) is 0 Å². The Morgan fingerprint density at radius 2 is 2.00 bits per heavy atom. The van der Waals surface area contributed by atoms with E-state index >= 15 is 0 Å². The normalized spacial score (nSPS) is 25.2. The predicted molar refractivity (Wildman–Crippen MR) is 88.5 cm³/mol. The number of ether oxygens (including phenoxy) is 2. The van der Waals surface area contributed by atoms with Crippen molar-refractivity contribution >= 4 is 5.96 Å². The van der Waals surface area contributed by atoms with Gasteiger partial charge in [0.2, 0.25) is 0 Å². The zero-order valence-corrected chi connectivity index (χ0v) is 14.0. The summed E-state index contributed by atoms with van der Waals surface area (Å²) in [7, 11) is 2.13. The number of aliphatic imine (C=N–C) groups is 1. The summed E-state index contributed by atoms with van der Waals surface area (Å²) in [6.07, 6.45) is 0.202. The first-order chi connectivity index (χ1) is 10.8. The second kappa shape index (κ2) is 9.99. The van der Waals surface area contributed by atoms with Gasteiger partial charge < -0.3 is 25.0 Å². The molecule has 128 valence electrons. The largest absolute Gasteiger partial charge is 0.379 e. The quantitative estimate of drug-likeness (QED) is 0.495. The van der Waals surface area contributed by atoms with Gasteiger partial charge in [-0.15, -0.1) is 0 Å². The van der Waals surface area contributed by atoms with Gasteiger partial charge in [0, 0.05) is 45.8 Å². The number of morpholine rings is 2. The molecule has 0 aliphatic carbocycles. The first kappa shape index (κ1) is 17.5. The summed E-state index contributed by atoms with van der Waals surface area (Å²) in [5, 5.41) is 6.70. The first-order valence-corrected chi connectivity index (χ1v) is 8.40. The number of hydrogen-bond donors (Lipinski definition) is 2. The van der Waals surface area contributed by atoms with E-state index in [-0.39, 0.29) is 6.10 Å². The molecular formula is C15H31N5O2. The van der Waals surface area contributed by atoms with Crippen LogP contribution in [0.15, 0.2) is 4.99 Å². The van der Waals surface area contributed by atoms with Gasteiger partial charge in [0.05, 0.1) is 32.5 Å². The average Bonchev–Trinajstić information content (AvgIpc) is 2.54. The van der Waals surface area contributed by atoms with E-state index < -0.39 is 0 Å². The lowest BCUT2D eigenvalue weighted by Gasteiger charge is -2.29. The molecule has 22 heavy (non-hydrogen) atoms. The highest BCUT2D eigenvalue weighted by atomic mass is 16.5. The van der Waals surface area contributed by atoms with Crippen molar-refractivity contribution in [1.29, 1.82) is 0 Å². The number of hydrogen-bond acceptors (Lipinski definition) is 5. The van der Waals surface area contributed by atoms with Gasteiger partial charge in [-0.2, -0.15) is 0 Å². The topological polar surface area (TPSA) is 61.4 Å². The van der Waals surface area contributed by atoms with Gasteiger partial charge in [0.15, 0.2) is 5.96 Å². The fourth-order valence-corrected chi connectivity index (χ4v) is 2.67. The second-order valence-corrected chi connectivity index (χ2v) is 5.86. The summed E-state index contributed by atoms with van der Waals surface area (Å²) in [6.45, 7) is 12.1. The van der Waals surface area contributed by atoms with Crippen LogP contribution in [0.3, 0.4) is 0 Å². The van der Waals surface area contributed by atoms with Gasteiger partial charge >= 0.3 is 0 Å². The van der Waals surface area contributed by atoms with Crippen molar-refractivity contribution in [3.05, 3.63) is 0 Å². The van der Waals surface area contributed by atoms with E-state index in [2.05, 4.69) is 39.4 Å². The summed E-state index contributed by atoms with van der Waals surface area (Å²) in [4.78, 5) is 9.36. The van der Waals surface area contributed by atoms with Crippen LogP contribution in [0.1, 0.15) is 6.92 Å². The van der Waals surface area contributed by atoms with E-state index in [0.29, 0.717) is 6.54 Å². The van der Waals surface area contributed by atoms with E-state index in [0.717, 1.165) is 71.6 Å². The van der Waals surface area contributed by atoms with Crippen molar-refractivity contribution in [2.24, 2.45) is 4.99 Å². The Bertz CT molecular complexity index is 334. The van der Waals surface area contributed by atoms with Crippen molar-refractivity contribution in [2.45, 2.75) is 13.0 Å². The number of rotatable bonds is 6. The summed E-state index contributed by atoms with van der Waals surface area (Å²) in [5.74, 6) is 0.882. The molecular weight excluding hydrogens is 282 g/mol. The van der Waals surface area contributed by atoms with Crippen LogP contribution in [-0.4, -0.2) is 101 Å². The lowest BCUT2D eigenvalue weighted by atomic mass is 10.3. The van der Waals surface area contributed by atoms with Crippen molar-refractivity contribution in [1.82, 2.24) is 20.4 Å². The molecule has 0 aromatic rings. The van der Waals surface area contributed by atoms with E-state index in [9.17, 15) is 0 Å². The second-order valence-electron chi connectivity index (χ2n) is 5.86. The number of nitrogens with one attached hydrogen (secondary N) is 2. The maximum absolute atomic E-state index is 5.75. The molecule has 0 bridgehead atoms. The SMILES string of the molecule is CCNC(=NCC1CN(C)CCO1)NCCN1CCOCC1. The minimum absolute atomic E-state index is 0.202. The van der Waals surface area contributed by atoms with E-state index in [1.807, 2.05) is 0 Å². The molecule has 2 rings (SSSR count). The van der Waals surface area contributed by atoms with Gasteiger partial charge in [-0.3, -0.25) is 9.89 Å². The van der Waals surface area contributed by atoms with Crippen molar-refractivity contribution < 1.29 is 9.47 Å². The molecule has 2 aliphatic heterocycles. The minimum Gasteiger partial charge on any atom is -0.379 e. The molecule has 2 saturated heterocycles. The fraction of sp³-hybridized carbons (Fsp3) is 0.933. The Balaban J connectivity index is 1.69. The molecule has 0 spiro atoms.